The third-order valence-electron chi connectivity index (χ3n) is 4.91. The molecule has 0 bridgehead atoms. The highest BCUT2D eigenvalue weighted by Crippen LogP contribution is 2.61. The van der Waals surface area contributed by atoms with Gasteiger partial charge in [-0.25, -0.2) is 0 Å². The molecule has 18 heavy (non-hydrogen) atoms. The molecule has 0 aromatic heterocycles. The molecule has 1 heteroatoms. The molecule has 0 aromatic rings. The molecule has 108 valence electrons. The van der Waals surface area contributed by atoms with E-state index in [2.05, 4.69) is 55.4 Å². The molecule has 0 saturated heterocycles. The van der Waals surface area contributed by atoms with Crippen molar-refractivity contribution in [2.24, 2.45) is 17.8 Å². The van der Waals surface area contributed by atoms with Gasteiger partial charge in [0.1, 0.15) is 0 Å². The third kappa shape index (κ3) is 4.22. The van der Waals surface area contributed by atoms with Gasteiger partial charge in [0.2, 0.25) is 0 Å². The van der Waals surface area contributed by atoms with Crippen molar-refractivity contribution in [3.63, 3.8) is 0 Å². The summed E-state index contributed by atoms with van der Waals surface area (Å²) in [5, 5.41) is 0.988. The maximum absolute atomic E-state index is 2.51. The van der Waals surface area contributed by atoms with Gasteiger partial charge in [0.25, 0.3) is 0 Å². The predicted molar refractivity (Wildman–Crippen MR) is 87.0 cm³/mol. The normalized spacial score (nSPS) is 30.8. The second-order valence-electron chi connectivity index (χ2n) is 8.48. The lowest BCUT2D eigenvalue weighted by Gasteiger charge is -2.46. The molecule has 0 radical (unpaired) electrons. The Balaban J connectivity index is 2.78. The molecule has 3 unspecified atom stereocenters. The predicted octanol–water partition coefficient (Wildman–Crippen LogP) is 6.14. The lowest BCUT2D eigenvalue weighted by molar-refractivity contribution is 0.199. The van der Waals surface area contributed by atoms with Crippen molar-refractivity contribution in [3.05, 3.63) is 0 Å². The van der Waals surface area contributed by atoms with Crippen LogP contribution in [0.4, 0.5) is 0 Å². The molecule has 0 aromatic carbocycles. The molecule has 1 aliphatic rings. The maximum atomic E-state index is 2.51. The van der Waals surface area contributed by atoms with E-state index in [1.165, 1.54) is 25.4 Å². The summed E-state index contributed by atoms with van der Waals surface area (Å²) in [6, 6.07) is 0. The van der Waals surface area contributed by atoms with Crippen LogP contribution in [0.15, 0.2) is 0 Å². The van der Waals surface area contributed by atoms with Gasteiger partial charge in [-0.1, -0.05) is 76.2 Å². The van der Waals surface area contributed by atoms with Gasteiger partial charge in [-0.2, -0.15) is 0 Å². The van der Waals surface area contributed by atoms with E-state index in [4.69, 9.17) is 0 Å². The van der Waals surface area contributed by atoms with Crippen LogP contribution in [0, 0.1) is 17.8 Å². The van der Waals surface area contributed by atoms with E-state index in [1.807, 2.05) is 0 Å². The summed E-state index contributed by atoms with van der Waals surface area (Å²) in [6.07, 6.45) is 5.90. The molecule has 0 N–H and O–H groups in total. The molecule has 1 saturated carbocycles. The zero-order chi connectivity index (χ0) is 14.1. The standard InChI is InChI=1S/C17H35P/c1-13-10-9-11-15(14(13)2)12-18(16(3,4)5)17(6,7)8/h13-15H,9-12H2,1-8H3. The Bertz CT molecular complexity index is 242. The first-order chi connectivity index (χ1) is 8.03. The maximum Gasteiger partial charge on any atom is -0.0175 e. The van der Waals surface area contributed by atoms with E-state index in [1.54, 1.807) is 0 Å². The smallest absolute Gasteiger partial charge is 0.0175 e. The Kier molecular flexibility index (Phi) is 5.33. The topological polar surface area (TPSA) is 0 Å². The number of rotatable bonds is 2. The van der Waals surface area contributed by atoms with Gasteiger partial charge in [0.05, 0.1) is 0 Å². The van der Waals surface area contributed by atoms with Gasteiger partial charge in [0.15, 0.2) is 0 Å². The van der Waals surface area contributed by atoms with Crippen LogP contribution in [0.5, 0.6) is 0 Å². The van der Waals surface area contributed by atoms with Gasteiger partial charge in [-0.3, -0.25) is 0 Å². The Labute approximate surface area is 117 Å². The van der Waals surface area contributed by atoms with Gasteiger partial charge in [-0.15, -0.1) is 0 Å². The van der Waals surface area contributed by atoms with Gasteiger partial charge < -0.3 is 0 Å². The van der Waals surface area contributed by atoms with Crippen LogP contribution in [-0.4, -0.2) is 16.5 Å². The van der Waals surface area contributed by atoms with Crippen molar-refractivity contribution in [3.8, 4) is 0 Å². The average Bonchev–Trinajstić information content (AvgIpc) is 2.16. The summed E-state index contributed by atoms with van der Waals surface area (Å²) in [5.41, 5.74) is 0. The van der Waals surface area contributed by atoms with Crippen molar-refractivity contribution in [2.45, 2.75) is 85.0 Å². The fraction of sp³-hybridized carbons (Fsp3) is 1.00. The van der Waals surface area contributed by atoms with Gasteiger partial charge in [-0.05, 0) is 40.6 Å². The monoisotopic (exact) mass is 270 g/mol. The molecule has 1 rings (SSSR count). The largest absolute Gasteiger partial charge is 0.0954 e. The SMILES string of the molecule is CC1CCCC(CP(C(C)(C)C)C(C)(C)C)C1C. The lowest BCUT2D eigenvalue weighted by Crippen LogP contribution is -2.33. The van der Waals surface area contributed by atoms with Crippen LogP contribution in [0.1, 0.15) is 74.7 Å². The van der Waals surface area contributed by atoms with Crippen molar-refractivity contribution in [1.82, 2.24) is 0 Å². The van der Waals surface area contributed by atoms with E-state index >= 15 is 0 Å². The first kappa shape index (κ1) is 16.5. The molecular weight excluding hydrogens is 235 g/mol. The van der Waals surface area contributed by atoms with Crippen molar-refractivity contribution in [2.75, 3.05) is 6.16 Å². The van der Waals surface area contributed by atoms with E-state index in [9.17, 15) is 0 Å². The molecule has 0 amide bonds. The minimum atomic E-state index is 0.0887. The zero-order valence-electron chi connectivity index (χ0n) is 14.0. The zero-order valence-corrected chi connectivity index (χ0v) is 14.9. The van der Waals surface area contributed by atoms with Gasteiger partial charge >= 0.3 is 0 Å². The second-order valence-corrected chi connectivity index (χ2v) is 12.4. The first-order valence-electron chi connectivity index (χ1n) is 7.81. The summed E-state index contributed by atoms with van der Waals surface area (Å²) in [4.78, 5) is 0. The Morgan fingerprint density at radius 3 is 1.83 bits per heavy atom. The Morgan fingerprint density at radius 2 is 1.39 bits per heavy atom. The quantitative estimate of drug-likeness (QED) is 0.529. The van der Waals surface area contributed by atoms with Crippen LogP contribution < -0.4 is 0 Å². The minimum Gasteiger partial charge on any atom is -0.0954 e. The molecule has 1 aliphatic carbocycles. The molecule has 0 aliphatic heterocycles. The molecule has 0 nitrogen and oxygen atoms in total. The average molecular weight is 270 g/mol. The van der Waals surface area contributed by atoms with Crippen LogP contribution in [0.3, 0.4) is 0 Å². The fourth-order valence-electron chi connectivity index (χ4n) is 3.74. The Hall–Kier alpha value is 0.430. The molecule has 1 fully saturated rings. The highest BCUT2D eigenvalue weighted by atomic mass is 31.1. The first-order valence-corrected chi connectivity index (χ1v) is 9.34. The third-order valence-corrected chi connectivity index (χ3v) is 8.99. The molecule has 3 atom stereocenters. The van der Waals surface area contributed by atoms with Gasteiger partial charge in [0, 0.05) is 0 Å². The second kappa shape index (κ2) is 5.82. The van der Waals surface area contributed by atoms with Crippen molar-refractivity contribution >= 4 is 7.92 Å². The Morgan fingerprint density at radius 1 is 0.889 bits per heavy atom. The van der Waals surface area contributed by atoms with E-state index in [0.29, 0.717) is 10.3 Å². The fourth-order valence-corrected chi connectivity index (χ4v) is 7.83. The summed E-state index contributed by atoms with van der Waals surface area (Å²) < 4.78 is 0. The molecule has 0 spiro atoms. The van der Waals surface area contributed by atoms with Crippen LogP contribution in [-0.2, 0) is 0 Å². The highest BCUT2D eigenvalue weighted by Gasteiger charge is 2.38. The van der Waals surface area contributed by atoms with E-state index < -0.39 is 0 Å². The summed E-state index contributed by atoms with van der Waals surface area (Å²) in [6.45, 7) is 19.7. The highest BCUT2D eigenvalue weighted by molar-refractivity contribution is 7.60. The lowest BCUT2D eigenvalue weighted by atomic mass is 9.75. The number of hydrogen-bond acceptors (Lipinski definition) is 0. The number of hydrogen-bond donors (Lipinski definition) is 0. The van der Waals surface area contributed by atoms with E-state index in [0.717, 1.165) is 17.8 Å². The summed E-state index contributed by atoms with van der Waals surface area (Å²) in [5.74, 6) is 2.87. The van der Waals surface area contributed by atoms with E-state index in [-0.39, 0.29) is 7.92 Å². The van der Waals surface area contributed by atoms with Crippen LogP contribution in [0.2, 0.25) is 0 Å². The summed E-state index contributed by atoms with van der Waals surface area (Å²) >= 11 is 0. The van der Waals surface area contributed by atoms with Crippen molar-refractivity contribution < 1.29 is 0 Å². The van der Waals surface area contributed by atoms with Crippen LogP contribution >= 0.6 is 7.92 Å². The molecular formula is C17H35P. The van der Waals surface area contributed by atoms with Crippen molar-refractivity contribution in [1.29, 1.82) is 0 Å². The summed E-state index contributed by atoms with van der Waals surface area (Å²) in [7, 11) is 0.0887. The minimum absolute atomic E-state index is 0.0887. The van der Waals surface area contributed by atoms with Crippen LogP contribution in [0.25, 0.3) is 0 Å². The molecule has 0 heterocycles.